The Morgan fingerprint density at radius 1 is 1.26 bits per heavy atom. The molecule has 0 radical (unpaired) electrons. The Kier molecular flexibility index (Phi) is 4.98. The first-order valence-electron chi connectivity index (χ1n) is 8.06. The Labute approximate surface area is 136 Å². The van der Waals surface area contributed by atoms with Crippen molar-refractivity contribution in [2.45, 2.75) is 32.2 Å². The molecule has 5 heteroatoms. The molecule has 1 aliphatic carbocycles. The van der Waals surface area contributed by atoms with Gasteiger partial charge in [-0.15, -0.1) is 0 Å². The maximum atomic E-state index is 12.1. The lowest BCUT2D eigenvalue weighted by Gasteiger charge is -2.15. The van der Waals surface area contributed by atoms with E-state index < -0.39 is 0 Å². The number of nitrogens with zero attached hydrogens (tertiary/aromatic N) is 3. The van der Waals surface area contributed by atoms with Gasteiger partial charge in [-0.1, -0.05) is 6.07 Å². The number of nitrogens with one attached hydrogen (secondary N) is 1. The molecule has 0 fully saturated rings. The summed E-state index contributed by atoms with van der Waals surface area (Å²) in [7, 11) is 1.98. The Balaban J connectivity index is 1.46. The Bertz CT molecular complexity index is 672. The fourth-order valence-corrected chi connectivity index (χ4v) is 2.93. The van der Waals surface area contributed by atoms with Crippen LogP contribution in [0.4, 0.5) is 5.69 Å². The molecule has 0 unspecified atom stereocenters. The van der Waals surface area contributed by atoms with Crippen LogP contribution < -0.4 is 5.32 Å². The van der Waals surface area contributed by atoms with Crippen molar-refractivity contribution in [3.8, 4) is 0 Å². The predicted octanol–water partition coefficient (Wildman–Crippen LogP) is 2.43. The van der Waals surface area contributed by atoms with Crippen LogP contribution in [0.15, 0.2) is 36.8 Å². The highest BCUT2D eigenvalue weighted by Crippen LogP contribution is 2.24. The van der Waals surface area contributed by atoms with E-state index in [0.717, 1.165) is 24.2 Å². The minimum atomic E-state index is 0.0499. The highest BCUT2D eigenvalue weighted by atomic mass is 16.1. The number of hydrogen-bond donors (Lipinski definition) is 1. The first kappa shape index (κ1) is 15.6. The van der Waals surface area contributed by atoms with E-state index in [-0.39, 0.29) is 5.91 Å². The smallest absolute Gasteiger partial charge is 0.225 e. The van der Waals surface area contributed by atoms with Gasteiger partial charge in [0.25, 0.3) is 0 Å². The van der Waals surface area contributed by atoms with Crippen LogP contribution in [0.1, 0.15) is 29.7 Å². The molecule has 0 bridgehead atoms. The summed E-state index contributed by atoms with van der Waals surface area (Å²) < 4.78 is 0. The number of hydrogen-bond acceptors (Lipinski definition) is 4. The summed E-state index contributed by atoms with van der Waals surface area (Å²) in [5.41, 5.74) is 4.62. The van der Waals surface area contributed by atoms with Crippen molar-refractivity contribution in [1.82, 2.24) is 14.9 Å². The van der Waals surface area contributed by atoms with Crippen LogP contribution in [-0.2, 0) is 24.2 Å². The molecule has 0 spiro atoms. The van der Waals surface area contributed by atoms with Crippen LogP contribution in [0, 0.1) is 0 Å². The summed E-state index contributed by atoms with van der Waals surface area (Å²) in [6.07, 6.45) is 9.07. The van der Waals surface area contributed by atoms with Crippen molar-refractivity contribution in [2.75, 3.05) is 18.9 Å². The number of amides is 1. The number of rotatable bonds is 6. The normalized spacial score (nSPS) is 13.1. The monoisotopic (exact) mass is 310 g/mol. The molecule has 120 valence electrons. The first-order valence-corrected chi connectivity index (χ1v) is 8.06. The van der Waals surface area contributed by atoms with E-state index in [9.17, 15) is 4.79 Å². The molecule has 1 aromatic heterocycles. The average Bonchev–Trinajstić information content (AvgIpc) is 3.01. The lowest BCUT2D eigenvalue weighted by molar-refractivity contribution is -0.116. The zero-order valence-electron chi connectivity index (χ0n) is 13.5. The van der Waals surface area contributed by atoms with E-state index in [1.54, 1.807) is 18.6 Å². The second kappa shape index (κ2) is 7.33. The molecule has 0 saturated heterocycles. The van der Waals surface area contributed by atoms with Gasteiger partial charge in [-0.2, -0.15) is 0 Å². The van der Waals surface area contributed by atoms with E-state index in [1.807, 2.05) is 13.1 Å². The molecule has 1 aromatic carbocycles. The van der Waals surface area contributed by atoms with Gasteiger partial charge in [0.05, 0.1) is 5.69 Å². The zero-order valence-corrected chi connectivity index (χ0v) is 13.5. The quantitative estimate of drug-likeness (QED) is 0.890. The van der Waals surface area contributed by atoms with Gasteiger partial charge in [0.2, 0.25) is 5.91 Å². The molecule has 23 heavy (non-hydrogen) atoms. The average molecular weight is 310 g/mol. The number of aromatic nitrogens is 2. The summed E-state index contributed by atoms with van der Waals surface area (Å²) in [5, 5.41) is 3.00. The van der Waals surface area contributed by atoms with Crippen molar-refractivity contribution in [3.05, 3.63) is 53.6 Å². The molecule has 0 aliphatic heterocycles. The Hall–Kier alpha value is -2.27. The standard InChI is InChI=1S/C18H22N4O/c1-22(13-17-12-19-8-9-20-17)10-7-18(23)21-16-6-5-14-3-2-4-15(14)11-16/h5-6,8-9,11-12H,2-4,7,10,13H2,1H3,(H,21,23). The number of fused-ring (bicyclic) bond motifs is 1. The van der Waals surface area contributed by atoms with Gasteiger partial charge in [-0.3, -0.25) is 19.7 Å². The van der Waals surface area contributed by atoms with Gasteiger partial charge in [0.15, 0.2) is 0 Å². The van der Waals surface area contributed by atoms with Gasteiger partial charge in [0, 0.05) is 43.8 Å². The van der Waals surface area contributed by atoms with E-state index in [2.05, 4.69) is 32.3 Å². The summed E-state index contributed by atoms with van der Waals surface area (Å²) in [5.74, 6) is 0.0499. The third-order valence-electron chi connectivity index (χ3n) is 4.15. The van der Waals surface area contributed by atoms with Crippen molar-refractivity contribution >= 4 is 11.6 Å². The molecule has 0 saturated carbocycles. The van der Waals surface area contributed by atoms with Crippen LogP contribution in [0.3, 0.4) is 0 Å². The van der Waals surface area contributed by atoms with Crippen molar-refractivity contribution in [3.63, 3.8) is 0 Å². The molecular weight excluding hydrogens is 288 g/mol. The molecule has 2 aromatic rings. The summed E-state index contributed by atoms with van der Waals surface area (Å²) >= 11 is 0. The second-order valence-electron chi connectivity index (χ2n) is 6.07. The third-order valence-corrected chi connectivity index (χ3v) is 4.15. The molecule has 0 atom stereocenters. The van der Waals surface area contributed by atoms with Gasteiger partial charge in [-0.25, -0.2) is 0 Å². The highest BCUT2D eigenvalue weighted by Gasteiger charge is 2.12. The van der Waals surface area contributed by atoms with E-state index in [0.29, 0.717) is 19.5 Å². The number of carbonyl (C=O) groups is 1. The molecule has 5 nitrogen and oxygen atoms in total. The fraction of sp³-hybridized carbons (Fsp3) is 0.389. The second-order valence-corrected chi connectivity index (χ2v) is 6.07. The Morgan fingerprint density at radius 3 is 2.96 bits per heavy atom. The summed E-state index contributed by atoms with van der Waals surface area (Å²) in [4.78, 5) is 22.5. The minimum absolute atomic E-state index is 0.0499. The topological polar surface area (TPSA) is 58.1 Å². The molecule has 1 amide bonds. The van der Waals surface area contributed by atoms with Crippen molar-refractivity contribution < 1.29 is 4.79 Å². The van der Waals surface area contributed by atoms with E-state index in [4.69, 9.17) is 0 Å². The number of aryl methyl sites for hydroxylation is 2. The lowest BCUT2D eigenvalue weighted by Crippen LogP contribution is -2.24. The van der Waals surface area contributed by atoms with Gasteiger partial charge >= 0.3 is 0 Å². The van der Waals surface area contributed by atoms with Crippen molar-refractivity contribution in [1.29, 1.82) is 0 Å². The molecule has 3 rings (SSSR count). The van der Waals surface area contributed by atoms with Crippen LogP contribution in [0.5, 0.6) is 0 Å². The van der Waals surface area contributed by atoms with Gasteiger partial charge in [-0.05, 0) is 49.6 Å². The number of benzene rings is 1. The first-order chi connectivity index (χ1) is 11.2. The lowest BCUT2D eigenvalue weighted by atomic mass is 10.1. The molecular formula is C18H22N4O. The van der Waals surface area contributed by atoms with Crippen LogP contribution in [-0.4, -0.2) is 34.4 Å². The van der Waals surface area contributed by atoms with Crippen molar-refractivity contribution in [2.24, 2.45) is 0 Å². The van der Waals surface area contributed by atoms with Crippen LogP contribution in [0.2, 0.25) is 0 Å². The molecule has 1 N–H and O–H groups in total. The maximum absolute atomic E-state index is 12.1. The summed E-state index contributed by atoms with van der Waals surface area (Å²) in [6.45, 7) is 1.38. The molecule has 1 heterocycles. The Morgan fingerprint density at radius 2 is 2.13 bits per heavy atom. The fourth-order valence-electron chi connectivity index (χ4n) is 2.93. The van der Waals surface area contributed by atoms with Gasteiger partial charge < -0.3 is 5.32 Å². The van der Waals surface area contributed by atoms with E-state index in [1.165, 1.54) is 17.5 Å². The number of anilines is 1. The third kappa shape index (κ3) is 4.36. The molecule has 1 aliphatic rings. The van der Waals surface area contributed by atoms with Crippen LogP contribution >= 0.6 is 0 Å². The highest BCUT2D eigenvalue weighted by molar-refractivity contribution is 5.91. The predicted molar refractivity (Wildman–Crippen MR) is 90.1 cm³/mol. The summed E-state index contributed by atoms with van der Waals surface area (Å²) in [6, 6.07) is 6.26. The van der Waals surface area contributed by atoms with Gasteiger partial charge in [0.1, 0.15) is 0 Å². The maximum Gasteiger partial charge on any atom is 0.225 e. The SMILES string of the molecule is CN(CCC(=O)Nc1ccc2c(c1)CCC2)Cc1cnccn1. The van der Waals surface area contributed by atoms with E-state index >= 15 is 0 Å². The largest absolute Gasteiger partial charge is 0.326 e. The zero-order chi connectivity index (χ0) is 16.1. The minimum Gasteiger partial charge on any atom is -0.326 e. The number of carbonyl (C=O) groups excluding carboxylic acids is 1. The van der Waals surface area contributed by atoms with Crippen LogP contribution in [0.25, 0.3) is 0 Å².